The van der Waals surface area contributed by atoms with Gasteiger partial charge in [0.25, 0.3) is 0 Å². The van der Waals surface area contributed by atoms with Gasteiger partial charge in [-0.05, 0) is 42.3 Å². The number of nitrogens with zero attached hydrogens (tertiary/aromatic N) is 1. The summed E-state index contributed by atoms with van der Waals surface area (Å²) in [5.41, 5.74) is 4.52. The number of aromatic amines is 1. The first kappa shape index (κ1) is 12.5. The third-order valence-corrected chi connectivity index (χ3v) is 3.40. The molecule has 0 radical (unpaired) electrons. The standard InChI is InChI=1S/C16H17N3O/c1-11-7-12(3-6-16(11)20-2)9-17-14-4-5-15-13(8-14)10-18-19-15/h3-8,10,17H,9H2,1-2H3,(H,18,19). The summed E-state index contributed by atoms with van der Waals surface area (Å²) in [6.07, 6.45) is 1.83. The molecular weight excluding hydrogens is 250 g/mol. The van der Waals surface area contributed by atoms with Gasteiger partial charge in [-0.1, -0.05) is 12.1 Å². The van der Waals surface area contributed by atoms with E-state index < -0.39 is 0 Å². The van der Waals surface area contributed by atoms with Crippen LogP contribution >= 0.6 is 0 Å². The first-order valence-corrected chi connectivity index (χ1v) is 6.57. The zero-order valence-corrected chi connectivity index (χ0v) is 11.6. The highest BCUT2D eigenvalue weighted by atomic mass is 16.5. The molecule has 20 heavy (non-hydrogen) atoms. The van der Waals surface area contributed by atoms with Gasteiger partial charge in [-0.25, -0.2) is 0 Å². The van der Waals surface area contributed by atoms with Gasteiger partial charge in [0, 0.05) is 17.6 Å². The summed E-state index contributed by atoms with van der Waals surface area (Å²) in [4.78, 5) is 0. The van der Waals surface area contributed by atoms with E-state index in [-0.39, 0.29) is 0 Å². The molecule has 0 saturated carbocycles. The Labute approximate surface area is 117 Å². The summed E-state index contributed by atoms with van der Waals surface area (Å²) < 4.78 is 5.27. The highest BCUT2D eigenvalue weighted by Gasteiger charge is 2.01. The zero-order valence-electron chi connectivity index (χ0n) is 11.6. The van der Waals surface area contributed by atoms with Crippen molar-refractivity contribution in [3.05, 3.63) is 53.7 Å². The molecule has 0 amide bonds. The smallest absolute Gasteiger partial charge is 0.121 e. The Bertz CT molecular complexity index is 733. The number of aryl methyl sites for hydroxylation is 1. The van der Waals surface area contributed by atoms with E-state index in [0.717, 1.165) is 34.4 Å². The maximum atomic E-state index is 5.27. The molecule has 0 fully saturated rings. The Kier molecular flexibility index (Phi) is 3.29. The number of H-pyrrole nitrogens is 1. The lowest BCUT2D eigenvalue weighted by Gasteiger charge is -2.09. The number of methoxy groups -OCH3 is 1. The third-order valence-electron chi connectivity index (χ3n) is 3.40. The van der Waals surface area contributed by atoms with E-state index in [1.54, 1.807) is 7.11 Å². The molecular formula is C16H17N3O. The monoisotopic (exact) mass is 267 g/mol. The predicted octanol–water partition coefficient (Wildman–Crippen LogP) is 3.49. The van der Waals surface area contributed by atoms with Crippen LogP contribution in [0.25, 0.3) is 10.9 Å². The van der Waals surface area contributed by atoms with Gasteiger partial charge in [-0.3, -0.25) is 5.10 Å². The molecule has 1 heterocycles. The number of rotatable bonds is 4. The highest BCUT2D eigenvalue weighted by Crippen LogP contribution is 2.20. The molecule has 0 bridgehead atoms. The van der Waals surface area contributed by atoms with Crippen LogP contribution in [0.1, 0.15) is 11.1 Å². The molecule has 0 aliphatic carbocycles. The van der Waals surface area contributed by atoms with Crippen LogP contribution in [0.4, 0.5) is 5.69 Å². The largest absolute Gasteiger partial charge is 0.496 e. The second kappa shape index (κ2) is 5.25. The van der Waals surface area contributed by atoms with Crippen molar-refractivity contribution in [1.29, 1.82) is 0 Å². The SMILES string of the molecule is COc1ccc(CNc2ccc3[nH]ncc3c2)cc1C. The maximum Gasteiger partial charge on any atom is 0.121 e. The molecule has 0 atom stereocenters. The molecule has 102 valence electrons. The molecule has 3 aromatic rings. The number of ether oxygens (including phenoxy) is 1. The molecule has 3 rings (SSSR count). The minimum Gasteiger partial charge on any atom is -0.496 e. The number of hydrogen-bond acceptors (Lipinski definition) is 3. The van der Waals surface area contributed by atoms with E-state index >= 15 is 0 Å². The van der Waals surface area contributed by atoms with Crippen molar-refractivity contribution in [2.24, 2.45) is 0 Å². The van der Waals surface area contributed by atoms with Gasteiger partial charge in [0.2, 0.25) is 0 Å². The summed E-state index contributed by atoms with van der Waals surface area (Å²) in [6.45, 7) is 2.84. The second-order valence-corrected chi connectivity index (χ2v) is 4.83. The van der Waals surface area contributed by atoms with Crippen molar-refractivity contribution in [3.8, 4) is 5.75 Å². The van der Waals surface area contributed by atoms with E-state index in [4.69, 9.17) is 4.74 Å². The van der Waals surface area contributed by atoms with Crippen molar-refractivity contribution >= 4 is 16.6 Å². The van der Waals surface area contributed by atoms with Crippen molar-refractivity contribution in [2.45, 2.75) is 13.5 Å². The molecule has 0 aliphatic heterocycles. The fraction of sp³-hybridized carbons (Fsp3) is 0.188. The number of aromatic nitrogens is 2. The van der Waals surface area contributed by atoms with Crippen LogP contribution < -0.4 is 10.1 Å². The maximum absolute atomic E-state index is 5.27. The van der Waals surface area contributed by atoms with Crippen molar-refractivity contribution < 1.29 is 4.74 Å². The Morgan fingerprint density at radius 2 is 2.10 bits per heavy atom. The van der Waals surface area contributed by atoms with E-state index in [1.807, 2.05) is 18.3 Å². The molecule has 2 N–H and O–H groups in total. The van der Waals surface area contributed by atoms with Gasteiger partial charge in [-0.2, -0.15) is 5.10 Å². The molecule has 0 spiro atoms. The molecule has 1 aromatic heterocycles. The van der Waals surface area contributed by atoms with Crippen LogP contribution in [0.3, 0.4) is 0 Å². The summed E-state index contributed by atoms with van der Waals surface area (Å²) in [7, 11) is 1.69. The average Bonchev–Trinajstić information content (AvgIpc) is 2.92. The van der Waals surface area contributed by atoms with Crippen LogP contribution in [0.5, 0.6) is 5.75 Å². The van der Waals surface area contributed by atoms with Crippen LogP contribution in [-0.4, -0.2) is 17.3 Å². The zero-order chi connectivity index (χ0) is 13.9. The number of nitrogens with one attached hydrogen (secondary N) is 2. The fourth-order valence-electron chi connectivity index (χ4n) is 2.31. The number of hydrogen-bond donors (Lipinski definition) is 2. The van der Waals surface area contributed by atoms with Gasteiger partial charge < -0.3 is 10.1 Å². The fourth-order valence-corrected chi connectivity index (χ4v) is 2.31. The molecule has 4 heteroatoms. The van der Waals surface area contributed by atoms with Crippen molar-refractivity contribution in [2.75, 3.05) is 12.4 Å². The Hall–Kier alpha value is -2.49. The lowest BCUT2D eigenvalue weighted by molar-refractivity contribution is 0.411. The first-order chi connectivity index (χ1) is 9.76. The average molecular weight is 267 g/mol. The van der Waals surface area contributed by atoms with Crippen molar-refractivity contribution in [1.82, 2.24) is 10.2 Å². The Balaban J connectivity index is 1.73. The number of fused-ring (bicyclic) bond motifs is 1. The lowest BCUT2D eigenvalue weighted by atomic mass is 10.1. The van der Waals surface area contributed by atoms with Gasteiger partial charge in [0.1, 0.15) is 5.75 Å². The van der Waals surface area contributed by atoms with Crippen LogP contribution in [-0.2, 0) is 6.54 Å². The van der Waals surface area contributed by atoms with Crippen LogP contribution in [0.2, 0.25) is 0 Å². The summed E-state index contributed by atoms with van der Waals surface area (Å²) >= 11 is 0. The molecule has 0 unspecified atom stereocenters. The van der Waals surface area contributed by atoms with Gasteiger partial charge in [-0.15, -0.1) is 0 Å². The molecule has 0 saturated heterocycles. The Morgan fingerprint density at radius 3 is 2.90 bits per heavy atom. The second-order valence-electron chi connectivity index (χ2n) is 4.83. The minimum atomic E-state index is 0.786. The normalized spacial score (nSPS) is 10.7. The van der Waals surface area contributed by atoms with Gasteiger partial charge >= 0.3 is 0 Å². The van der Waals surface area contributed by atoms with E-state index in [9.17, 15) is 0 Å². The number of anilines is 1. The molecule has 0 aliphatic rings. The van der Waals surface area contributed by atoms with E-state index in [1.165, 1.54) is 5.56 Å². The van der Waals surface area contributed by atoms with Crippen LogP contribution in [0.15, 0.2) is 42.6 Å². The lowest BCUT2D eigenvalue weighted by Crippen LogP contribution is -2.00. The molecule has 2 aromatic carbocycles. The first-order valence-electron chi connectivity index (χ1n) is 6.57. The summed E-state index contributed by atoms with van der Waals surface area (Å²) in [5.74, 6) is 0.925. The third kappa shape index (κ3) is 2.45. The van der Waals surface area contributed by atoms with Crippen LogP contribution in [0, 0.1) is 6.92 Å². The predicted molar refractivity (Wildman–Crippen MR) is 81.2 cm³/mol. The topological polar surface area (TPSA) is 49.9 Å². The minimum absolute atomic E-state index is 0.786. The van der Waals surface area contributed by atoms with Gasteiger partial charge in [0.15, 0.2) is 0 Å². The van der Waals surface area contributed by atoms with E-state index in [2.05, 4.69) is 46.7 Å². The van der Waals surface area contributed by atoms with Gasteiger partial charge in [0.05, 0.1) is 18.8 Å². The summed E-state index contributed by atoms with van der Waals surface area (Å²) in [6, 6.07) is 12.4. The molecule has 4 nitrogen and oxygen atoms in total. The Morgan fingerprint density at radius 1 is 1.20 bits per heavy atom. The highest BCUT2D eigenvalue weighted by molar-refractivity contribution is 5.81. The summed E-state index contributed by atoms with van der Waals surface area (Å²) in [5, 5.41) is 11.5. The van der Waals surface area contributed by atoms with Crippen molar-refractivity contribution in [3.63, 3.8) is 0 Å². The number of benzene rings is 2. The van der Waals surface area contributed by atoms with E-state index in [0.29, 0.717) is 0 Å². The quantitative estimate of drug-likeness (QED) is 0.760.